The van der Waals surface area contributed by atoms with Gasteiger partial charge in [0.25, 0.3) is 5.92 Å². The normalized spacial score (nSPS) is 36.5. The molecule has 0 unspecified atom stereocenters. The quantitative estimate of drug-likeness (QED) is 0.764. The number of carbonyl (C=O) groups is 1. The van der Waals surface area contributed by atoms with Crippen LogP contribution in [0.4, 0.5) is 8.78 Å². The van der Waals surface area contributed by atoms with Crippen molar-refractivity contribution in [2.45, 2.75) is 31.7 Å². The van der Waals surface area contributed by atoms with Gasteiger partial charge in [0.1, 0.15) is 6.04 Å². The summed E-state index contributed by atoms with van der Waals surface area (Å²) in [4.78, 5) is 12.4. The molecule has 15 heavy (non-hydrogen) atoms. The molecule has 2 fully saturated rings. The highest BCUT2D eigenvalue weighted by atomic mass is 19.3. The Balaban J connectivity index is 2.04. The van der Waals surface area contributed by atoms with E-state index in [9.17, 15) is 13.6 Å². The summed E-state index contributed by atoms with van der Waals surface area (Å²) in [5.74, 6) is -4.16. The van der Waals surface area contributed by atoms with Crippen molar-refractivity contribution < 1.29 is 18.7 Å². The molecule has 3 atom stereocenters. The van der Waals surface area contributed by atoms with Gasteiger partial charge in [-0.1, -0.05) is 0 Å². The molecule has 0 spiro atoms. The van der Waals surface area contributed by atoms with Crippen LogP contribution in [0.2, 0.25) is 0 Å². The molecule has 5 heteroatoms. The summed E-state index contributed by atoms with van der Waals surface area (Å²) >= 11 is 0. The fourth-order valence-corrected chi connectivity index (χ4v) is 2.71. The Bertz CT molecular complexity index is 283. The minimum atomic E-state index is -2.59. The third-order valence-electron chi connectivity index (χ3n) is 3.77. The van der Waals surface area contributed by atoms with Gasteiger partial charge in [0.05, 0.1) is 0 Å². The van der Waals surface area contributed by atoms with E-state index in [-0.39, 0.29) is 18.9 Å². The van der Waals surface area contributed by atoms with Crippen molar-refractivity contribution in [3.05, 3.63) is 0 Å². The number of fused-ring (bicyclic) bond motifs is 1. The van der Waals surface area contributed by atoms with E-state index >= 15 is 0 Å². The Morgan fingerprint density at radius 1 is 1.53 bits per heavy atom. The van der Waals surface area contributed by atoms with E-state index in [0.717, 1.165) is 0 Å². The Labute approximate surface area is 87.1 Å². The van der Waals surface area contributed by atoms with E-state index < -0.39 is 23.9 Å². The van der Waals surface area contributed by atoms with Gasteiger partial charge in [0, 0.05) is 25.4 Å². The number of alkyl halides is 2. The smallest absolute Gasteiger partial charge is 0.320 e. The van der Waals surface area contributed by atoms with Gasteiger partial charge in [0.2, 0.25) is 0 Å². The maximum Gasteiger partial charge on any atom is 0.320 e. The first-order valence-electron chi connectivity index (χ1n) is 5.26. The summed E-state index contributed by atoms with van der Waals surface area (Å²) in [6, 6.07) is -0.647. The molecule has 0 aromatic rings. The van der Waals surface area contributed by atoms with Crippen LogP contribution in [0.15, 0.2) is 0 Å². The second-order valence-electron chi connectivity index (χ2n) is 4.63. The molecule has 1 heterocycles. The second-order valence-corrected chi connectivity index (χ2v) is 4.63. The van der Waals surface area contributed by atoms with E-state index in [1.54, 1.807) is 11.8 Å². The fourth-order valence-electron chi connectivity index (χ4n) is 2.71. The van der Waals surface area contributed by atoms with Crippen molar-refractivity contribution in [2.24, 2.45) is 11.8 Å². The minimum Gasteiger partial charge on any atom is -0.480 e. The molecular formula is C10H15F2NO2. The summed E-state index contributed by atoms with van der Waals surface area (Å²) in [5, 5.41) is 8.81. The average molecular weight is 219 g/mol. The molecule has 86 valence electrons. The Hall–Kier alpha value is -0.710. The van der Waals surface area contributed by atoms with E-state index in [1.807, 2.05) is 0 Å². The lowest BCUT2D eigenvalue weighted by Gasteiger charge is -2.23. The molecule has 0 bridgehead atoms. The number of aliphatic carboxylic acids is 1. The van der Waals surface area contributed by atoms with Gasteiger partial charge in [-0.3, -0.25) is 9.69 Å². The second kappa shape index (κ2) is 3.40. The van der Waals surface area contributed by atoms with Crippen molar-refractivity contribution >= 4 is 5.97 Å². The van der Waals surface area contributed by atoms with Crippen LogP contribution in [0.3, 0.4) is 0 Å². The van der Waals surface area contributed by atoms with Crippen LogP contribution in [0.1, 0.15) is 19.8 Å². The number of likely N-dealkylation sites (tertiary alicyclic amines) is 1. The lowest BCUT2D eigenvalue weighted by atomic mass is 9.99. The topological polar surface area (TPSA) is 40.5 Å². The van der Waals surface area contributed by atoms with E-state index in [2.05, 4.69) is 0 Å². The largest absolute Gasteiger partial charge is 0.480 e. The zero-order chi connectivity index (χ0) is 11.2. The lowest BCUT2D eigenvalue weighted by Crippen LogP contribution is -2.39. The Morgan fingerprint density at radius 3 is 2.73 bits per heavy atom. The standard InChI is InChI=1S/C10H15F2NO2/c1-6(9(14)15)13-4-7-2-3-10(11,12)8(7)5-13/h6-8H,2-5H2,1H3,(H,14,15)/t6-,7-,8-/m1/s1. The van der Waals surface area contributed by atoms with Gasteiger partial charge in [-0.15, -0.1) is 0 Å². The number of rotatable bonds is 2. The molecule has 1 saturated carbocycles. The summed E-state index contributed by atoms with van der Waals surface area (Å²) in [5.41, 5.74) is 0. The number of carboxylic acids is 1. The number of hydrogen-bond acceptors (Lipinski definition) is 2. The predicted molar refractivity (Wildman–Crippen MR) is 49.8 cm³/mol. The number of hydrogen-bond donors (Lipinski definition) is 1. The van der Waals surface area contributed by atoms with Crippen LogP contribution >= 0.6 is 0 Å². The zero-order valence-electron chi connectivity index (χ0n) is 8.62. The number of nitrogens with zero attached hydrogens (tertiary/aromatic N) is 1. The molecular weight excluding hydrogens is 204 g/mol. The molecule has 1 aliphatic carbocycles. The highest BCUT2D eigenvalue weighted by Crippen LogP contribution is 2.48. The van der Waals surface area contributed by atoms with Gasteiger partial charge in [0.15, 0.2) is 0 Å². The van der Waals surface area contributed by atoms with Crippen LogP contribution in [0.25, 0.3) is 0 Å². The molecule has 0 amide bonds. The Morgan fingerprint density at radius 2 is 2.20 bits per heavy atom. The molecule has 3 nitrogen and oxygen atoms in total. The molecule has 0 aromatic carbocycles. The molecule has 2 rings (SSSR count). The first-order valence-corrected chi connectivity index (χ1v) is 5.26. The molecule has 0 aromatic heterocycles. The summed E-state index contributed by atoms with van der Waals surface area (Å²) in [6.07, 6.45) is 0.498. The van der Waals surface area contributed by atoms with Crippen molar-refractivity contribution in [3.63, 3.8) is 0 Å². The van der Waals surface area contributed by atoms with Gasteiger partial charge in [-0.25, -0.2) is 8.78 Å². The fraction of sp³-hybridized carbons (Fsp3) is 0.900. The molecule has 1 aliphatic heterocycles. The van der Waals surface area contributed by atoms with Crippen molar-refractivity contribution in [1.82, 2.24) is 4.90 Å². The number of carboxylic acid groups (broad SMARTS) is 1. The lowest BCUT2D eigenvalue weighted by molar-refractivity contribution is -0.142. The van der Waals surface area contributed by atoms with Crippen molar-refractivity contribution in [3.8, 4) is 0 Å². The summed E-state index contributed by atoms with van der Waals surface area (Å²) in [6.45, 7) is 2.29. The van der Waals surface area contributed by atoms with Gasteiger partial charge in [-0.2, -0.15) is 0 Å². The number of halogens is 2. The maximum atomic E-state index is 13.4. The Kier molecular flexibility index (Phi) is 2.45. The monoisotopic (exact) mass is 219 g/mol. The third-order valence-corrected chi connectivity index (χ3v) is 3.77. The van der Waals surface area contributed by atoms with Crippen LogP contribution in [0.5, 0.6) is 0 Å². The predicted octanol–water partition coefficient (Wildman–Crippen LogP) is 1.44. The highest BCUT2D eigenvalue weighted by Gasteiger charge is 2.54. The van der Waals surface area contributed by atoms with Crippen LogP contribution in [0, 0.1) is 11.8 Å². The van der Waals surface area contributed by atoms with E-state index in [0.29, 0.717) is 13.0 Å². The molecule has 1 N–H and O–H groups in total. The van der Waals surface area contributed by atoms with Crippen LogP contribution in [-0.2, 0) is 4.79 Å². The van der Waals surface area contributed by atoms with E-state index in [1.165, 1.54) is 0 Å². The zero-order valence-corrected chi connectivity index (χ0v) is 8.62. The van der Waals surface area contributed by atoms with Crippen molar-refractivity contribution in [1.29, 1.82) is 0 Å². The molecule has 0 radical (unpaired) electrons. The van der Waals surface area contributed by atoms with E-state index in [4.69, 9.17) is 5.11 Å². The SMILES string of the molecule is C[C@H](C(=O)O)N1C[C@H]2CCC(F)(F)[C@@H]2C1. The maximum absolute atomic E-state index is 13.4. The van der Waals surface area contributed by atoms with Crippen LogP contribution < -0.4 is 0 Å². The highest BCUT2D eigenvalue weighted by molar-refractivity contribution is 5.72. The average Bonchev–Trinajstić information content (AvgIpc) is 2.66. The first-order chi connectivity index (χ1) is 6.92. The van der Waals surface area contributed by atoms with Gasteiger partial charge in [-0.05, 0) is 19.3 Å². The molecule has 2 aliphatic rings. The van der Waals surface area contributed by atoms with Crippen LogP contribution in [-0.4, -0.2) is 41.0 Å². The minimum absolute atomic E-state index is 0.0122. The van der Waals surface area contributed by atoms with Gasteiger partial charge < -0.3 is 5.11 Å². The molecule has 1 saturated heterocycles. The van der Waals surface area contributed by atoms with Crippen molar-refractivity contribution in [2.75, 3.05) is 13.1 Å². The first kappa shape index (κ1) is 10.8. The summed E-state index contributed by atoms with van der Waals surface area (Å²) < 4.78 is 26.7. The summed E-state index contributed by atoms with van der Waals surface area (Å²) in [7, 11) is 0. The third kappa shape index (κ3) is 1.73. The van der Waals surface area contributed by atoms with Gasteiger partial charge >= 0.3 is 5.97 Å².